The molecule has 2 aromatic carbocycles. The summed E-state index contributed by atoms with van der Waals surface area (Å²) in [6.45, 7) is 2.48. The Balaban J connectivity index is 1.48. The average molecular weight is 356 g/mol. The van der Waals surface area contributed by atoms with E-state index in [1.54, 1.807) is 17.0 Å². The van der Waals surface area contributed by atoms with E-state index in [2.05, 4.69) is 5.32 Å². The average Bonchev–Trinajstić information content (AvgIpc) is 3.03. The van der Waals surface area contributed by atoms with Crippen molar-refractivity contribution in [2.75, 3.05) is 18.0 Å². The van der Waals surface area contributed by atoms with Crippen molar-refractivity contribution in [3.05, 3.63) is 66.0 Å². The molecular weight excluding hydrogens is 335 g/mol. The van der Waals surface area contributed by atoms with Crippen molar-refractivity contribution in [3.8, 4) is 0 Å². The van der Waals surface area contributed by atoms with Gasteiger partial charge in [-0.2, -0.15) is 0 Å². The van der Waals surface area contributed by atoms with Crippen LogP contribution in [0.3, 0.4) is 0 Å². The molecule has 3 rings (SSSR count). The largest absolute Gasteiger partial charge is 0.442 e. The van der Waals surface area contributed by atoms with Gasteiger partial charge < -0.3 is 10.1 Å². The Morgan fingerprint density at radius 2 is 1.92 bits per heavy atom. The molecule has 26 heavy (non-hydrogen) atoms. The van der Waals surface area contributed by atoms with Crippen LogP contribution >= 0.6 is 0 Å². The Hall–Kier alpha value is -2.89. The number of carbonyl (C=O) groups excluding carboxylic acids is 2. The summed E-state index contributed by atoms with van der Waals surface area (Å²) in [6.07, 6.45) is -0.272. The first-order chi connectivity index (χ1) is 12.5. The molecular formula is C20H21FN2O3. The monoisotopic (exact) mass is 356 g/mol. The van der Waals surface area contributed by atoms with Gasteiger partial charge in [-0.3, -0.25) is 9.69 Å². The molecule has 2 aromatic rings. The molecule has 1 N–H and O–H groups in total. The summed E-state index contributed by atoms with van der Waals surface area (Å²) in [4.78, 5) is 25.8. The Bertz CT molecular complexity index is 764. The normalized spacial score (nSPS) is 17.7. The van der Waals surface area contributed by atoms with Gasteiger partial charge >= 0.3 is 6.09 Å². The highest BCUT2D eigenvalue weighted by Gasteiger charge is 2.32. The molecule has 1 aliphatic heterocycles. The molecule has 2 unspecified atom stereocenters. The lowest BCUT2D eigenvalue weighted by atomic mass is 10.0. The first-order valence-corrected chi connectivity index (χ1v) is 8.58. The molecule has 0 aliphatic carbocycles. The van der Waals surface area contributed by atoms with Crippen LogP contribution in [-0.2, 0) is 16.0 Å². The highest BCUT2D eigenvalue weighted by atomic mass is 19.1. The van der Waals surface area contributed by atoms with Crippen molar-refractivity contribution in [1.29, 1.82) is 0 Å². The van der Waals surface area contributed by atoms with Crippen molar-refractivity contribution in [2.24, 2.45) is 5.92 Å². The molecule has 136 valence electrons. The van der Waals surface area contributed by atoms with Crippen molar-refractivity contribution in [2.45, 2.75) is 19.4 Å². The van der Waals surface area contributed by atoms with Crippen LogP contribution in [0.4, 0.5) is 14.9 Å². The molecule has 6 heteroatoms. The van der Waals surface area contributed by atoms with Gasteiger partial charge in [0, 0.05) is 11.6 Å². The van der Waals surface area contributed by atoms with Crippen LogP contribution in [0.5, 0.6) is 0 Å². The molecule has 5 nitrogen and oxygen atoms in total. The van der Waals surface area contributed by atoms with Crippen LogP contribution in [0.25, 0.3) is 0 Å². The Labute approximate surface area is 151 Å². The number of halogens is 1. The summed E-state index contributed by atoms with van der Waals surface area (Å²) in [6, 6.07) is 15.4. The quantitative estimate of drug-likeness (QED) is 0.865. The zero-order valence-electron chi connectivity index (χ0n) is 14.5. The van der Waals surface area contributed by atoms with Crippen molar-refractivity contribution in [3.63, 3.8) is 0 Å². The number of rotatable bonds is 6. The number of benzene rings is 2. The van der Waals surface area contributed by atoms with E-state index in [4.69, 9.17) is 4.74 Å². The lowest BCUT2D eigenvalue weighted by molar-refractivity contribution is -0.124. The fourth-order valence-corrected chi connectivity index (χ4v) is 2.90. The Morgan fingerprint density at radius 3 is 2.62 bits per heavy atom. The van der Waals surface area contributed by atoms with Crippen molar-refractivity contribution in [1.82, 2.24) is 5.32 Å². The second kappa shape index (κ2) is 7.99. The topological polar surface area (TPSA) is 58.6 Å². The van der Waals surface area contributed by atoms with Gasteiger partial charge in [0.2, 0.25) is 5.91 Å². The van der Waals surface area contributed by atoms with E-state index >= 15 is 0 Å². The molecule has 0 bridgehead atoms. The van der Waals surface area contributed by atoms with Crippen LogP contribution in [0.2, 0.25) is 0 Å². The van der Waals surface area contributed by atoms with Crippen molar-refractivity contribution >= 4 is 17.7 Å². The summed E-state index contributed by atoms with van der Waals surface area (Å²) in [5.41, 5.74) is 1.67. The molecule has 0 aromatic heterocycles. The minimum atomic E-state index is -0.408. The molecule has 2 amide bonds. The van der Waals surface area contributed by atoms with Crippen LogP contribution in [-0.4, -0.2) is 31.2 Å². The van der Waals surface area contributed by atoms with Gasteiger partial charge in [0.1, 0.15) is 11.9 Å². The number of amides is 2. The molecule has 1 fully saturated rings. The summed E-state index contributed by atoms with van der Waals surface area (Å²) in [5.74, 6) is -0.678. The van der Waals surface area contributed by atoms with Gasteiger partial charge in [-0.15, -0.1) is 0 Å². The number of cyclic esters (lactones) is 1. The lowest BCUT2D eigenvalue weighted by Gasteiger charge is -2.15. The van der Waals surface area contributed by atoms with E-state index in [1.807, 2.05) is 37.3 Å². The predicted octanol–water partition coefficient (Wildman–Crippen LogP) is 3.15. The van der Waals surface area contributed by atoms with Crippen molar-refractivity contribution < 1.29 is 18.7 Å². The third-order valence-corrected chi connectivity index (χ3v) is 4.35. The molecule has 1 saturated heterocycles. The number of nitrogens with one attached hydrogen (secondary N) is 1. The number of ether oxygens (including phenoxy) is 1. The molecule has 2 atom stereocenters. The van der Waals surface area contributed by atoms with E-state index < -0.39 is 6.09 Å². The number of para-hydroxylation sites is 1. The summed E-state index contributed by atoms with van der Waals surface area (Å²) in [5, 5.41) is 2.83. The Morgan fingerprint density at radius 1 is 1.23 bits per heavy atom. The molecule has 1 aliphatic rings. The smallest absolute Gasteiger partial charge is 0.414 e. The minimum absolute atomic E-state index is 0.122. The minimum Gasteiger partial charge on any atom is -0.442 e. The van der Waals surface area contributed by atoms with E-state index in [9.17, 15) is 14.0 Å². The Kier molecular flexibility index (Phi) is 5.51. The number of hydrogen-bond acceptors (Lipinski definition) is 3. The first-order valence-electron chi connectivity index (χ1n) is 8.58. The number of nitrogens with zero attached hydrogens (tertiary/aromatic N) is 1. The highest BCUT2D eigenvalue weighted by Crippen LogP contribution is 2.20. The number of anilines is 1. The SMILES string of the molecule is CC(Cc1ccc(F)cc1)C(=O)NCC1CN(c2ccccc2)C(=O)O1. The second-order valence-electron chi connectivity index (χ2n) is 6.43. The van der Waals surface area contributed by atoms with Gasteiger partial charge in [-0.05, 0) is 36.2 Å². The van der Waals surface area contributed by atoms with Gasteiger partial charge in [0.15, 0.2) is 0 Å². The summed E-state index contributed by atoms with van der Waals surface area (Å²) >= 11 is 0. The third-order valence-electron chi connectivity index (χ3n) is 4.35. The molecule has 0 saturated carbocycles. The third kappa shape index (κ3) is 4.39. The fraction of sp³-hybridized carbons (Fsp3) is 0.300. The number of carbonyl (C=O) groups is 2. The van der Waals surface area contributed by atoms with Crippen LogP contribution < -0.4 is 10.2 Å². The summed E-state index contributed by atoms with van der Waals surface area (Å²) < 4.78 is 18.3. The second-order valence-corrected chi connectivity index (χ2v) is 6.43. The maximum Gasteiger partial charge on any atom is 0.414 e. The van der Waals surface area contributed by atoms with Crippen LogP contribution in [0.15, 0.2) is 54.6 Å². The van der Waals surface area contributed by atoms with Gasteiger partial charge in [-0.25, -0.2) is 9.18 Å². The predicted molar refractivity (Wildman–Crippen MR) is 96.3 cm³/mol. The fourth-order valence-electron chi connectivity index (χ4n) is 2.90. The molecule has 1 heterocycles. The zero-order chi connectivity index (χ0) is 18.5. The van der Waals surface area contributed by atoms with E-state index in [-0.39, 0.29) is 30.3 Å². The maximum atomic E-state index is 12.9. The van der Waals surface area contributed by atoms with E-state index in [1.165, 1.54) is 12.1 Å². The van der Waals surface area contributed by atoms with Gasteiger partial charge in [0.05, 0.1) is 13.1 Å². The zero-order valence-corrected chi connectivity index (χ0v) is 14.5. The van der Waals surface area contributed by atoms with E-state index in [0.29, 0.717) is 13.0 Å². The molecule has 0 spiro atoms. The summed E-state index contributed by atoms with van der Waals surface area (Å²) in [7, 11) is 0. The first kappa shape index (κ1) is 17.9. The van der Waals surface area contributed by atoms with Gasteiger partial charge in [0.25, 0.3) is 0 Å². The van der Waals surface area contributed by atoms with Gasteiger partial charge in [-0.1, -0.05) is 37.3 Å². The number of hydrogen-bond donors (Lipinski definition) is 1. The lowest BCUT2D eigenvalue weighted by Crippen LogP contribution is -2.37. The standard InChI is InChI=1S/C20H21FN2O3/c1-14(11-15-7-9-16(21)10-8-15)19(24)22-12-18-13-23(20(25)26-18)17-5-3-2-4-6-17/h2-10,14,18H,11-13H2,1H3,(H,22,24). The van der Waals surface area contributed by atoms with Crippen LogP contribution in [0.1, 0.15) is 12.5 Å². The maximum absolute atomic E-state index is 12.9. The molecule has 0 radical (unpaired) electrons. The van der Waals surface area contributed by atoms with Crippen LogP contribution in [0, 0.1) is 11.7 Å². The van der Waals surface area contributed by atoms with E-state index in [0.717, 1.165) is 11.3 Å². The highest BCUT2D eigenvalue weighted by molar-refractivity contribution is 5.89.